The van der Waals surface area contributed by atoms with Crippen LogP contribution in [0.25, 0.3) is 0 Å². The first-order valence-electron chi connectivity index (χ1n) is 7.06. The van der Waals surface area contributed by atoms with Gasteiger partial charge in [0.05, 0.1) is 32.6 Å². The van der Waals surface area contributed by atoms with Crippen LogP contribution >= 0.6 is 0 Å². The molecular weight excluding hydrogens is 282 g/mol. The summed E-state index contributed by atoms with van der Waals surface area (Å²) in [7, 11) is 1.64. The minimum Gasteiger partial charge on any atom is -0.497 e. The fourth-order valence-electron chi connectivity index (χ4n) is 2.43. The summed E-state index contributed by atoms with van der Waals surface area (Å²) < 4.78 is 18.4. The Morgan fingerprint density at radius 2 is 2.18 bits per heavy atom. The fourth-order valence-corrected chi connectivity index (χ4v) is 2.43. The summed E-state index contributed by atoms with van der Waals surface area (Å²) in [5.74, 6) is 0.831. The Bertz CT molecular complexity index is 701. The van der Waals surface area contributed by atoms with Crippen molar-refractivity contribution in [3.8, 4) is 17.8 Å². The van der Waals surface area contributed by atoms with E-state index < -0.39 is 0 Å². The van der Waals surface area contributed by atoms with E-state index in [0.29, 0.717) is 31.5 Å². The van der Waals surface area contributed by atoms with Gasteiger partial charge in [-0.2, -0.15) is 10.2 Å². The van der Waals surface area contributed by atoms with Crippen molar-refractivity contribution in [2.45, 2.75) is 26.2 Å². The first-order valence-corrected chi connectivity index (χ1v) is 7.06. The summed E-state index contributed by atoms with van der Waals surface area (Å²) in [6.45, 7) is 3.54. The zero-order valence-electron chi connectivity index (χ0n) is 12.6. The van der Waals surface area contributed by atoms with Gasteiger partial charge in [-0.15, -0.1) is 0 Å². The van der Waals surface area contributed by atoms with Crippen LogP contribution in [0.15, 0.2) is 24.3 Å². The maximum atomic E-state index is 8.93. The van der Waals surface area contributed by atoms with Gasteiger partial charge in [-0.3, -0.25) is 4.57 Å². The van der Waals surface area contributed by atoms with E-state index in [4.69, 9.17) is 19.5 Å². The highest BCUT2D eigenvalue weighted by Crippen LogP contribution is 2.25. The molecule has 22 heavy (non-hydrogen) atoms. The molecule has 6 heteroatoms. The average molecular weight is 299 g/mol. The van der Waals surface area contributed by atoms with E-state index in [9.17, 15) is 0 Å². The van der Waals surface area contributed by atoms with Gasteiger partial charge < -0.3 is 14.2 Å². The number of methoxy groups -OCH3 is 1. The summed E-state index contributed by atoms with van der Waals surface area (Å²) >= 11 is 0. The van der Waals surface area contributed by atoms with Crippen LogP contribution < -0.4 is 9.47 Å². The topological polar surface area (TPSA) is 69.3 Å². The van der Waals surface area contributed by atoms with Crippen molar-refractivity contribution in [3.05, 3.63) is 41.2 Å². The molecule has 0 N–H and O–H groups in total. The Kier molecular flexibility index (Phi) is 3.98. The molecule has 1 aliphatic heterocycles. The van der Waals surface area contributed by atoms with Crippen LogP contribution in [0.5, 0.6) is 11.8 Å². The molecule has 1 aliphatic rings. The van der Waals surface area contributed by atoms with Gasteiger partial charge in [-0.25, -0.2) is 0 Å². The highest BCUT2D eigenvalue weighted by molar-refractivity contribution is 5.31. The molecule has 0 saturated carbocycles. The highest BCUT2D eigenvalue weighted by Gasteiger charge is 2.27. The Morgan fingerprint density at radius 1 is 1.41 bits per heavy atom. The first-order chi connectivity index (χ1) is 10.7. The second-order valence-corrected chi connectivity index (χ2v) is 5.15. The quantitative estimate of drug-likeness (QED) is 0.845. The molecule has 1 unspecified atom stereocenters. The van der Waals surface area contributed by atoms with Crippen molar-refractivity contribution in [1.29, 1.82) is 5.26 Å². The van der Waals surface area contributed by atoms with Crippen molar-refractivity contribution in [3.63, 3.8) is 0 Å². The lowest BCUT2D eigenvalue weighted by molar-refractivity contribution is 0.0484. The molecule has 0 bridgehead atoms. The summed E-state index contributed by atoms with van der Waals surface area (Å²) in [6.07, 6.45) is -0.0628. The van der Waals surface area contributed by atoms with Crippen LogP contribution in [0.2, 0.25) is 0 Å². The first kappa shape index (κ1) is 14.4. The largest absolute Gasteiger partial charge is 0.497 e. The summed E-state index contributed by atoms with van der Waals surface area (Å²) in [5, 5.41) is 8.93. The molecule has 0 saturated heterocycles. The van der Waals surface area contributed by atoms with Gasteiger partial charge in [0.15, 0.2) is 5.69 Å². The monoisotopic (exact) mass is 299 g/mol. The molecule has 0 aliphatic carbocycles. The van der Waals surface area contributed by atoms with E-state index in [1.807, 2.05) is 35.8 Å². The number of benzene rings is 1. The second kappa shape index (κ2) is 6.08. The lowest BCUT2D eigenvalue weighted by Crippen LogP contribution is -2.22. The number of ether oxygens (including phenoxy) is 3. The maximum absolute atomic E-state index is 8.93. The van der Waals surface area contributed by atoms with E-state index >= 15 is 0 Å². The van der Waals surface area contributed by atoms with Gasteiger partial charge in [0, 0.05) is 0 Å². The molecule has 3 rings (SSSR count). The Morgan fingerprint density at radius 3 is 2.82 bits per heavy atom. The van der Waals surface area contributed by atoms with Crippen LogP contribution in [0, 0.1) is 18.3 Å². The maximum Gasteiger partial charge on any atom is 0.298 e. The van der Waals surface area contributed by atoms with Crippen molar-refractivity contribution in [1.82, 2.24) is 9.55 Å². The van der Waals surface area contributed by atoms with E-state index in [1.54, 1.807) is 7.11 Å². The van der Waals surface area contributed by atoms with Crippen LogP contribution in [-0.4, -0.2) is 29.4 Å². The molecule has 114 valence electrons. The third-order valence-corrected chi connectivity index (χ3v) is 3.68. The number of nitriles is 1. The molecule has 1 atom stereocenters. The zero-order chi connectivity index (χ0) is 15.5. The van der Waals surface area contributed by atoms with Crippen LogP contribution in [0.1, 0.15) is 17.0 Å². The fraction of sp³-hybridized carbons (Fsp3) is 0.375. The lowest BCUT2D eigenvalue weighted by Gasteiger charge is -2.10. The van der Waals surface area contributed by atoms with Crippen LogP contribution in [0.4, 0.5) is 0 Å². The predicted octanol–water partition coefficient (Wildman–Crippen LogP) is 2.05. The average Bonchev–Trinajstić information content (AvgIpc) is 3.07. The van der Waals surface area contributed by atoms with E-state index in [2.05, 4.69) is 11.1 Å². The molecular formula is C16H17N3O3. The standard InChI is InChI=1S/C16H17N3O3/c1-11-15(7-17)18-16-19(11)8-14(22-16)10-21-9-12-3-5-13(20-2)6-4-12/h3-6,14H,8-10H2,1-2H3. The van der Waals surface area contributed by atoms with E-state index in [-0.39, 0.29) is 6.10 Å². The van der Waals surface area contributed by atoms with Crippen molar-refractivity contribution in [2.75, 3.05) is 13.7 Å². The second-order valence-electron chi connectivity index (χ2n) is 5.15. The molecule has 0 radical (unpaired) electrons. The number of aromatic nitrogens is 2. The highest BCUT2D eigenvalue weighted by atomic mass is 16.5. The van der Waals surface area contributed by atoms with Gasteiger partial charge in [-0.05, 0) is 24.6 Å². The minimum atomic E-state index is -0.0628. The smallest absolute Gasteiger partial charge is 0.298 e. The van der Waals surface area contributed by atoms with Crippen LogP contribution in [0.3, 0.4) is 0 Å². The number of hydrogen-bond donors (Lipinski definition) is 0. The van der Waals surface area contributed by atoms with Crippen molar-refractivity contribution >= 4 is 0 Å². The summed E-state index contributed by atoms with van der Waals surface area (Å²) in [6, 6.07) is 10.3. The van der Waals surface area contributed by atoms with Crippen LogP contribution in [-0.2, 0) is 17.9 Å². The van der Waals surface area contributed by atoms with Crippen molar-refractivity contribution in [2.24, 2.45) is 0 Å². The third-order valence-electron chi connectivity index (χ3n) is 3.68. The Balaban J connectivity index is 1.50. The van der Waals surface area contributed by atoms with Gasteiger partial charge in [0.2, 0.25) is 0 Å². The van der Waals surface area contributed by atoms with E-state index in [0.717, 1.165) is 17.0 Å². The lowest BCUT2D eigenvalue weighted by atomic mass is 10.2. The van der Waals surface area contributed by atoms with Gasteiger partial charge in [0.1, 0.15) is 17.9 Å². The number of nitrogens with zero attached hydrogens (tertiary/aromatic N) is 3. The number of rotatable bonds is 5. The Labute approximate surface area is 128 Å². The van der Waals surface area contributed by atoms with Crippen molar-refractivity contribution < 1.29 is 14.2 Å². The molecule has 2 aromatic rings. The molecule has 0 amide bonds. The van der Waals surface area contributed by atoms with Gasteiger partial charge in [-0.1, -0.05) is 12.1 Å². The summed E-state index contributed by atoms with van der Waals surface area (Å²) in [4.78, 5) is 4.15. The minimum absolute atomic E-state index is 0.0628. The third kappa shape index (κ3) is 2.76. The molecule has 6 nitrogen and oxygen atoms in total. The number of hydrogen-bond acceptors (Lipinski definition) is 5. The molecule has 1 aromatic heterocycles. The SMILES string of the molecule is COc1ccc(COCC2Cn3c(nc(C#N)c3C)O2)cc1. The zero-order valence-corrected chi connectivity index (χ0v) is 12.6. The summed E-state index contributed by atoms with van der Waals surface area (Å²) in [5.41, 5.74) is 2.35. The number of imidazole rings is 1. The molecule has 0 fully saturated rings. The van der Waals surface area contributed by atoms with E-state index in [1.165, 1.54) is 0 Å². The van der Waals surface area contributed by atoms with Gasteiger partial charge >= 0.3 is 0 Å². The number of fused-ring (bicyclic) bond motifs is 1. The molecule has 1 aromatic carbocycles. The normalized spacial score (nSPS) is 16.0. The molecule has 0 spiro atoms. The Hall–Kier alpha value is -2.52. The predicted molar refractivity (Wildman–Crippen MR) is 78.7 cm³/mol. The molecule has 2 heterocycles. The van der Waals surface area contributed by atoms with Gasteiger partial charge in [0.25, 0.3) is 6.01 Å².